The first kappa shape index (κ1) is 14.9. The molecule has 128 valence electrons. The lowest BCUT2D eigenvalue weighted by Crippen LogP contribution is -2.41. The number of rotatable bonds is 4. The molecule has 2 aromatic rings. The molecule has 2 saturated heterocycles. The van der Waals surface area contributed by atoms with E-state index in [1.165, 1.54) is 11.3 Å². The van der Waals surface area contributed by atoms with E-state index in [1.807, 2.05) is 18.2 Å². The number of fused-ring (bicyclic) bond motifs is 1. The number of anilines is 1. The lowest BCUT2D eigenvalue weighted by atomic mass is 9.77. The monoisotopic (exact) mass is 357 g/mol. The Hall–Kier alpha value is -2.45. The maximum atomic E-state index is 13.0. The van der Waals surface area contributed by atoms with E-state index in [1.54, 1.807) is 28.8 Å². The molecular weight excluding hydrogens is 342 g/mol. The number of ether oxygens (including phenoxy) is 1. The molecule has 2 aromatic heterocycles. The zero-order valence-electron chi connectivity index (χ0n) is 13.1. The van der Waals surface area contributed by atoms with Gasteiger partial charge in [-0.3, -0.25) is 9.59 Å². The number of thiazole rings is 1. The molecule has 3 aliphatic rings. The van der Waals surface area contributed by atoms with E-state index in [0.717, 1.165) is 0 Å². The fourth-order valence-electron chi connectivity index (χ4n) is 4.08. The summed E-state index contributed by atoms with van der Waals surface area (Å²) in [5.74, 6) is -0.612. The van der Waals surface area contributed by atoms with Gasteiger partial charge in [0.15, 0.2) is 5.13 Å². The normalized spacial score (nSPS) is 32.4. The Bertz CT molecular complexity index is 847. The Morgan fingerprint density at radius 2 is 2.44 bits per heavy atom. The zero-order chi connectivity index (χ0) is 17.0. The van der Waals surface area contributed by atoms with Crippen LogP contribution < -0.4 is 5.32 Å². The van der Waals surface area contributed by atoms with Crippen LogP contribution in [-0.2, 0) is 20.9 Å². The van der Waals surface area contributed by atoms with Gasteiger partial charge in [-0.05, 0) is 12.1 Å². The van der Waals surface area contributed by atoms with Crippen molar-refractivity contribution >= 4 is 28.3 Å². The molecule has 7 nitrogen and oxygen atoms in total. The van der Waals surface area contributed by atoms with Crippen LogP contribution in [0.2, 0.25) is 0 Å². The van der Waals surface area contributed by atoms with Gasteiger partial charge in [0.25, 0.3) is 0 Å². The molecule has 0 aliphatic carbocycles. The predicted octanol–water partition coefficient (Wildman–Crippen LogP) is 1.66. The van der Waals surface area contributed by atoms with Crippen molar-refractivity contribution in [1.29, 1.82) is 0 Å². The lowest BCUT2D eigenvalue weighted by molar-refractivity contribution is -0.136. The molecule has 2 bridgehead atoms. The first-order valence-electron chi connectivity index (χ1n) is 8.05. The number of nitrogens with zero attached hydrogens (tertiary/aromatic N) is 2. The largest absolute Gasteiger partial charge is 0.467 e. The minimum atomic E-state index is -0.709. The second kappa shape index (κ2) is 5.27. The van der Waals surface area contributed by atoms with E-state index in [4.69, 9.17) is 9.15 Å². The molecule has 2 amide bonds. The number of hydrogen-bond acceptors (Lipinski definition) is 6. The molecule has 8 heteroatoms. The van der Waals surface area contributed by atoms with Gasteiger partial charge in [0.05, 0.1) is 37.3 Å². The third-order valence-corrected chi connectivity index (χ3v) is 5.76. The van der Waals surface area contributed by atoms with Gasteiger partial charge in [-0.1, -0.05) is 12.2 Å². The van der Waals surface area contributed by atoms with Gasteiger partial charge in [-0.2, -0.15) is 0 Å². The Balaban J connectivity index is 1.41. The number of nitrogens with one attached hydrogen (secondary N) is 1. The summed E-state index contributed by atoms with van der Waals surface area (Å²) in [7, 11) is 0. The first-order valence-corrected chi connectivity index (χ1v) is 8.93. The van der Waals surface area contributed by atoms with Gasteiger partial charge in [-0.15, -0.1) is 11.3 Å². The van der Waals surface area contributed by atoms with Crippen LogP contribution in [0.5, 0.6) is 0 Å². The molecule has 4 atom stereocenters. The van der Waals surface area contributed by atoms with E-state index >= 15 is 0 Å². The van der Waals surface area contributed by atoms with Crippen LogP contribution >= 0.6 is 11.3 Å². The van der Waals surface area contributed by atoms with Crippen molar-refractivity contribution in [2.24, 2.45) is 11.8 Å². The number of carbonyl (C=O) groups is 2. The van der Waals surface area contributed by atoms with Gasteiger partial charge >= 0.3 is 0 Å². The van der Waals surface area contributed by atoms with Crippen LogP contribution in [0, 0.1) is 11.8 Å². The molecule has 5 rings (SSSR count). The highest BCUT2D eigenvalue weighted by Gasteiger charge is 2.66. The van der Waals surface area contributed by atoms with Gasteiger partial charge in [-0.25, -0.2) is 4.98 Å². The summed E-state index contributed by atoms with van der Waals surface area (Å²) < 4.78 is 11.4. The molecule has 0 saturated carbocycles. The van der Waals surface area contributed by atoms with Crippen molar-refractivity contribution in [3.8, 4) is 0 Å². The lowest BCUT2D eigenvalue weighted by Gasteiger charge is -2.23. The van der Waals surface area contributed by atoms with Crippen LogP contribution in [0.1, 0.15) is 5.76 Å². The van der Waals surface area contributed by atoms with Crippen molar-refractivity contribution in [3.63, 3.8) is 0 Å². The van der Waals surface area contributed by atoms with Crippen LogP contribution in [0.15, 0.2) is 46.5 Å². The fraction of sp³-hybridized carbons (Fsp3) is 0.353. The maximum absolute atomic E-state index is 13.0. The van der Waals surface area contributed by atoms with Gasteiger partial charge in [0.2, 0.25) is 11.8 Å². The average molecular weight is 357 g/mol. The maximum Gasteiger partial charge on any atom is 0.233 e. The van der Waals surface area contributed by atoms with Crippen molar-refractivity contribution in [3.05, 3.63) is 47.9 Å². The number of amides is 2. The zero-order valence-corrected chi connectivity index (χ0v) is 13.9. The summed E-state index contributed by atoms with van der Waals surface area (Å²) in [4.78, 5) is 31.5. The molecular formula is C17H15N3O4S. The minimum absolute atomic E-state index is 0.0671. The molecule has 0 aromatic carbocycles. The molecule has 0 radical (unpaired) electrons. The van der Waals surface area contributed by atoms with Crippen molar-refractivity contribution < 1.29 is 18.7 Å². The summed E-state index contributed by atoms with van der Waals surface area (Å²) >= 11 is 1.35. The van der Waals surface area contributed by atoms with Crippen LogP contribution in [0.3, 0.4) is 0 Å². The topological polar surface area (TPSA) is 84.7 Å². The Labute approximate surface area is 147 Å². The number of furan rings is 1. The summed E-state index contributed by atoms with van der Waals surface area (Å²) in [6, 6.07) is 3.63. The average Bonchev–Trinajstić information content (AvgIpc) is 3.37. The molecule has 1 spiro atoms. The molecule has 3 aliphatic heterocycles. The summed E-state index contributed by atoms with van der Waals surface area (Å²) in [6.45, 7) is 0.817. The van der Waals surface area contributed by atoms with Crippen molar-refractivity contribution in [1.82, 2.24) is 9.88 Å². The smallest absolute Gasteiger partial charge is 0.233 e. The Morgan fingerprint density at radius 1 is 1.52 bits per heavy atom. The van der Waals surface area contributed by atoms with E-state index in [-0.39, 0.29) is 17.9 Å². The Morgan fingerprint density at radius 3 is 3.20 bits per heavy atom. The van der Waals surface area contributed by atoms with E-state index in [0.29, 0.717) is 24.0 Å². The fourth-order valence-corrected chi connectivity index (χ4v) is 4.61. The van der Waals surface area contributed by atoms with Crippen LogP contribution in [0.25, 0.3) is 0 Å². The summed E-state index contributed by atoms with van der Waals surface area (Å²) in [5.41, 5.74) is -0.709. The van der Waals surface area contributed by atoms with Crippen LogP contribution in [0.4, 0.5) is 5.13 Å². The third-order valence-electron chi connectivity index (χ3n) is 5.07. The predicted molar refractivity (Wildman–Crippen MR) is 88.6 cm³/mol. The standard InChI is InChI=1S/C17H15N3O4S/c21-14(19-16-18-5-7-25-16)12-11-3-4-17(24-11)9-20(15(22)13(12)17)8-10-2-1-6-23-10/h1-7,11-13H,8-9H2,(H,18,19,21)/t11-,12-,13-,17+/m1/s1. The van der Waals surface area contributed by atoms with E-state index < -0.39 is 17.4 Å². The summed E-state index contributed by atoms with van der Waals surface area (Å²) in [6.07, 6.45) is 6.69. The third kappa shape index (κ3) is 2.17. The van der Waals surface area contributed by atoms with Crippen LogP contribution in [-0.4, -0.2) is 39.9 Å². The first-order chi connectivity index (χ1) is 12.2. The molecule has 2 fully saturated rings. The van der Waals surface area contributed by atoms with Gasteiger partial charge < -0.3 is 19.4 Å². The van der Waals surface area contributed by atoms with E-state index in [2.05, 4.69) is 10.3 Å². The quantitative estimate of drug-likeness (QED) is 0.841. The second-order valence-corrected chi connectivity index (χ2v) is 7.39. The highest BCUT2D eigenvalue weighted by atomic mass is 32.1. The molecule has 5 heterocycles. The van der Waals surface area contributed by atoms with E-state index in [9.17, 15) is 9.59 Å². The van der Waals surface area contributed by atoms with Crippen molar-refractivity contribution in [2.45, 2.75) is 18.2 Å². The van der Waals surface area contributed by atoms with Crippen molar-refractivity contribution in [2.75, 3.05) is 11.9 Å². The number of likely N-dealkylation sites (tertiary alicyclic amines) is 1. The molecule has 25 heavy (non-hydrogen) atoms. The Kier molecular flexibility index (Phi) is 3.13. The highest BCUT2D eigenvalue weighted by Crippen LogP contribution is 2.52. The SMILES string of the molecule is O=C(Nc1nccs1)[C@@H]1[C@H]2C=C[C@@]3(CN(Cc4ccco4)C(=O)[C@@H]13)O2. The second-order valence-electron chi connectivity index (χ2n) is 6.50. The number of carbonyl (C=O) groups excluding carboxylic acids is 2. The molecule has 0 unspecified atom stereocenters. The minimum Gasteiger partial charge on any atom is -0.467 e. The van der Waals surface area contributed by atoms with Gasteiger partial charge in [0.1, 0.15) is 11.4 Å². The number of hydrogen-bond donors (Lipinski definition) is 1. The van der Waals surface area contributed by atoms with Gasteiger partial charge in [0, 0.05) is 11.6 Å². The molecule has 1 N–H and O–H groups in total. The number of aromatic nitrogens is 1. The summed E-state index contributed by atoms with van der Waals surface area (Å²) in [5, 5.41) is 5.13. The highest BCUT2D eigenvalue weighted by molar-refractivity contribution is 7.13.